The van der Waals surface area contributed by atoms with Crippen LogP contribution in [0.2, 0.25) is 0 Å². The summed E-state index contributed by atoms with van der Waals surface area (Å²) in [6, 6.07) is -1.02. The SMILES string of the molecule is CC(C)(C)[C@H](NC(=O)[C@H](CC1CCCC1)CN(O)C=O)C(=O)O. The first-order chi connectivity index (χ1) is 10.6. The Hall–Kier alpha value is -1.63. The summed E-state index contributed by atoms with van der Waals surface area (Å²) in [5.74, 6) is -1.76. The number of hydrogen-bond donors (Lipinski definition) is 3. The average Bonchev–Trinajstić information content (AvgIpc) is 2.94. The third-order valence-electron chi connectivity index (χ3n) is 4.39. The van der Waals surface area contributed by atoms with E-state index in [4.69, 9.17) is 0 Å². The summed E-state index contributed by atoms with van der Waals surface area (Å²) in [5.41, 5.74) is -0.636. The summed E-state index contributed by atoms with van der Waals surface area (Å²) >= 11 is 0. The summed E-state index contributed by atoms with van der Waals surface area (Å²) in [6.45, 7) is 5.09. The van der Waals surface area contributed by atoms with Gasteiger partial charge in [-0.1, -0.05) is 46.5 Å². The average molecular weight is 328 g/mol. The van der Waals surface area contributed by atoms with Gasteiger partial charge in [-0.05, 0) is 17.8 Å². The van der Waals surface area contributed by atoms with Crippen molar-refractivity contribution >= 4 is 18.3 Å². The highest BCUT2D eigenvalue weighted by atomic mass is 16.5. The van der Waals surface area contributed by atoms with Crippen LogP contribution in [0.25, 0.3) is 0 Å². The number of rotatable bonds is 8. The molecule has 23 heavy (non-hydrogen) atoms. The Morgan fingerprint density at radius 1 is 1.30 bits per heavy atom. The Morgan fingerprint density at radius 3 is 2.30 bits per heavy atom. The van der Waals surface area contributed by atoms with Crippen LogP contribution in [0.1, 0.15) is 52.9 Å². The van der Waals surface area contributed by atoms with Crippen molar-refractivity contribution in [3.05, 3.63) is 0 Å². The van der Waals surface area contributed by atoms with Crippen LogP contribution < -0.4 is 5.32 Å². The molecule has 1 saturated carbocycles. The summed E-state index contributed by atoms with van der Waals surface area (Å²) in [5, 5.41) is 21.8. The van der Waals surface area contributed by atoms with E-state index >= 15 is 0 Å². The van der Waals surface area contributed by atoms with Crippen LogP contribution in [0, 0.1) is 17.3 Å². The molecule has 0 unspecified atom stereocenters. The van der Waals surface area contributed by atoms with Crippen LogP contribution >= 0.6 is 0 Å². The van der Waals surface area contributed by atoms with Gasteiger partial charge in [-0.3, -0.25) is 14.8 Å². The maximum absolute atomic E-state index is 12.5. The van der Waals surface area contributed by atoms with Crippen molar-refractivity contribution in [2.24, 2.45) is 17.3 Å². The second-order valence-electron chi connectivity index (χ2n) is 7.46. The number of aliphatic carboxylic acids is 1. The topological polar surface area (TPSA) is 107 Å². The van der Waals surface area contributed by atoms with Crippen LogP contribution in [-0.4, -0.2) is 46.3 Å². The molecular formula is C16H28N2O5. The van der Waals surface area contributed by atoms with Crippen LogP contribution in [0.5, 0.6) is 0 Å². The number of nitrogens with zero attached hydrogens (tertiary/aromatic N) is 1. The van der Waals surface area contributed by atoms with Crippen molar-refractivity contribution in [3.63, 3.8) is 0 Å². The Balaban J connectivity index is 2.79. The number of carbonyl (C=O) groups is 3. The second kappa shape index (κ2) is 8.29. The first-order valence-electron chi connectivity index (χ1n) is 8.09. The molecule has 1 aliphatic rings. The predicted molar refractivity (Wildman–Crippen MR) is 83.6 cm³/mol. The fourth-order valence-electron chi connectivity index (χ4n) is 3.09. The zero-order valence-electron chi connectivity index (χ0n) is 14.1. The maximum Gasteiger partial charge on any atom is 0.326 e. The van der Waals surface area contributed by atoms with Crippen molar-refractivity contribution in [3.8, 4) is 0 Å². The quantitative estimate of drug-likeness (QED) is 0.357. The van der Waals surface area contributed by atoms with Gasteiger partial charge in [0.2, 0.25) is 12.3 Å². The molecule has 0 aliphatic heterocycles. The predicted octanol–water partition coefficient (Wildman–Crippen LogP) is 1.65. The molecule has 7 heteroatoms. The molecule has 0 saturated heterocycles. The number of carboxylic acids is 1. The van der Waals surface area contributed by atoms with E-state index in [2.05, 4.69) is 5.32 Å². The molecule has 2 amide bonds. The lowest BCUT2D eigenvalue weighted by Gasteiger charge is -2.30. The smallest absolute Gasteiger partial charge is 0.326 e. The fourth-order valence-corrected chi connectivity index (χ4v) is 3.09. The Labute approximate surface area is 137 Å². The number of hydroxylamine groups is 2. The van der Waals surface area contributed by atoms with E-state index in [1.54, 1.807) is 20.8 Å². The van der Waals surface area contributed by atoms with Gasteiger partial charge in [0.25, 0.3) is 0 Å². The Kier molecular flexibility index (Phi) is 7.00. The number of carbonyl (C=O) groups excluding carboxylic acids is 2. The molecule has 0 heterocycles. The lowest BCUT2D eigenvalue weighted by molar-refractivity contribution is -0.156. The van der Waals surface area contributed by atoms with Gasteiger partial charge < -0.3 is 10.4 Å². The normalized spacial score (nSPS) is 18.3. The van der Waals surface area contributed by atoms with Gasteiger partial charge in [-0.2, -0.15) is 0 Å². The van der Waals surface area contributed by atoms with Gasteiger partial charge in [0.1, 0.15) is 6.04 Å². The first-order valence-corrected chi connectivity index (χ1v) is 8.09. The molecule has 1 aliphatic carbocycles. The van der Waals surface area contributed by atoms with Gasteiger partial charge in [-0.25, -0.2) is 9.86 Å². The molecule has 1 rings (SSSR count). The molecule has 0 aromatic heterocycles. The molecule has 0 radical (unpaired) electrons. The molecule has 0 aromatic carbocycles. The molecule has 1 fully saturated rings. The van der Waals surface area contributed by atoms with Crippen molar-refractivity contribution in [2.75, 3.05) is 6.54 Å². The molecule has 7 nitrogen and oxygen atoms in total. The molecule has 0 spiro atoms. The third kappa shape index (κ3) is 6.17. The molecule has 0 aromatic rings. The van der Waals surface area contributed by atoms with E-state index in [1.807, 2.05) is 0 Å². The molecule has 0 bridgehead atoms. The van der Waals surface area contributed by atoms with Gasteiger partial charge in [0, 0.05) is 0 Å². The number of nitrogens with one attached hydrogen (secondary N) is 1. The molecular weight excluding hydrogens is 300 g/mol. The number of amides is 2. The molecule has 3 N–H and O–H groups in total. The largest absolute Gasteiger partial charge is 0.480 e. The summed E-state index contributed by atoms with van der Waals surface area (Å²) in [7, 11) is 0. The van der Waals surface area contributed by atoms with Gasteiger partial charge in [0.05, 0.1) is 12.5 Å². The Morgan fingerprint density at radius 2 is 1.87 bits per heavy atom. The zero-order chi connectivity index (χ0) is 17.6. The maximum atomic E-state index is 12.5. The van der Waals surface area contributed by atoms with E-state index in [1.165, 1.54) is 0 Å². The van der Waals surface area contributed by atoms with Gasteiger partial charge >= 0.3 is 5.97 Å². The van der Waals surface area contributed by atoms with Crippen molar-refractivity contribution in [1.82, 2.24) is 10.4 Å². The minimum atomic E-state index is -1.10. The van der Waals surface area contributed by atoms with Crippen molar-refractivity contribution in [1.29, 1.82) is 0 Å². The van der Waals surface area contributed by atoms with E-state index < -0.39 is 29.3 Å². The van der Waals surface area contributed by atoms with Crippen LogP contribution in [0.4, 0.5) is 0 Å². The second-order valence-corrected chi connectivity index (χ2v) is 7.46. The number of carboxylic acid groups (broad SMARTS) is 1. The van der Waals surface area contributed by atoms with Crippen molar-refractivity contribution in [2.45, 2.75) is 58.9 Å². The highest BCUT2D eigenvalue weighted by Crippen LogP contribution is 2.31. The van der Waals surface area contributed by atoms with Gasteiger partial charge in [-0.15, -0.1) is 0 Å². The van der Waals surface area contributed by atoms with E-state index in [9.17, 15) is 24.7 Å². The van der Waals surface area contributed by atoms with E-state index in [0.717, 1.165) is 25.7 Å². The standard InChI is InChI=1S/C16H28N2O5/c1-16(2,3)13(15(21)22)17-14(20)12(9-18(23)10-19)8-11-6-4-5-7-11/h10-13,23H,4-9H2,1-3H3,(H,17,20)(H,21,22)/t12-,13-/m1/s1. The highest BCUT2D eigenvalue weighted by molar-refractivity contribution is 5.85. The lowest BCUT2D eigenvalue weighted by atomic mass is 9.85. The summed E-state index contributed by atoms with van der Waals surface area (Å²) in [6.07, 6.45) is 5.10. The van der Waals surface area contributed by atoms with E-state index in [0.29, 0.717) is 17.4 Å². The summed E-state index contributed by atoms with van der Waals surface area (Å²) in [4.78, 5) is 34.6. The number of hydrogen-bond acceptors (Lipinski definition) is 4. The zero-order valence-corrected chi connectivity index (χ0v) is 14.1. The monoisotopic (exact) mass is 328 g/mol. The van der Waals surface area contributed by atoms with Crippen molar-refractivity contribution < 1.29 is 24.7 Å². The summed E-state index contributed by atoms with van der Waals surface area (Å²) < 4.78 is 0. The van der Waals surface area contributed by atoms with Gasteiger partial charge in [0.15, 0.2) is 0 Å². The Bertz CT molecular complexity index is 427. The first kappa shape index (κ1) is 19.4. The minimum absolute atomic E-state index is 0.123. The van der Waals surface area contributed by atoms with Crippen LogP contribution in [-0.2, 0) is 14.4 Å². The molecule has 2 atom stereocenters. The third-order valence-corrected chi connectivity index (χ3v) is 4.39. The fraction of sp³-hybridized carbons (Fsp3) is 0.812. The highest BCUT2D eigenvalue weighted by Gasteiger charge is 2.35. The van der Waals surface area contributed by atoms with E-state index in [-0.39, 0.29) is 13.0 Å². The minimum Gasteiger partial charge on any atom is -0.480 e. The molecule has 132 valence electrons. The van der Waals surface area contributed by atoms with Crippen LogP contribution in [0.15, 0.2) is 0 Å². The lowest BCUT2D eigenvalue weighted by Crippen LogP contribution is -2.52. The van der Waals surface area contributed by atoms with Crippen LogP contribution in [0.3, 0.4) is 0 Å².